The summed E-state index contributed by atoms with van der Waals surface area (Å²) in [5.41, 5.74) is 4.56. The van der Waals surface area contributed by atoms with Gasteiger partial charge in [0.1, 0.15) is 5.82 Å². The van der Waals surface area contributed by atoms with Crippen LogP contribution < -0.4 is 5.32 Å². The molecule has 0 bridgehead atoms. The van der Waals surface area contributed by atoms with E-state index >= 15 is 0 Å². The van der Waals surface area contributed by atoms with Crippen LogP contribution >= 0.6 is 27.3 Å². The van der Waals surface area contributed by atoms with Crippen LogP contribution in [0.2, 0.25) is 0 Å². The van der Waals surface area contributed by atoms with Gasteiger partial charge in [-0.15, -0.1) is 11.3 Å². The van der Waals surface area contributed by atoms with Crippen LogP contribution in [0.25, 0.3) is 0 Å². The third kappa shape index (κ3) is 2.84. The standard InChI is InChI=1S/C12H12BrFN2S/c1-7-3-9(13)10(14)4-11(7)16-8(2)12-5-17-6-15-12/h3-6,8,16H,1-2H3. The number of aromatic nitrogens is 1. The van der Waals surface area contributed by atoms with Gasteiger partial charge in [-0.3, -0.25) is 0 Å². The summed E-state index contributed by atoms with van der Waals surface area (Å²) >= 11 is 4.73. The topological polar surface area (TPSA) is 24.9 Å². The fraction of sp³-hybridized carbons (Fsp3) is 0.250. The molecule has 1 atom stereocenters. The van der Waals surface area contributed by atoms with E-state index in [9.17, 15) is 4.39 Å². The Bertz CT molecular complexity index is 513. The second kappa shape index (κ2) is 5.14. The van der Waals surface area contributed by atoms with Gasteiger partial charge in [0, 0.05) is 11.1 Å². The minimum atomic E-state index is -0.261. The maximum Gasteiger partial charge on any atom is 0.139 e. The number of anilines is 1. The molecule has 0 aliphatic heterocycles. The van der Waals surface area contributed by atoms with Crippen LogP contribution in [-0.2, 0) is 0 Å². The molecular weight excluding hydrogens is 303 g/mol. The lowest BCUT2D eigenvalue weighted by Gasteiger charge is -2.15. The number of nitrogens with one attached hydrogen (secondary N) is 1. The third-order valence-corrected chi connectivity index (χ3v) is 3.75. The molecule has 0 amide bonds. The Morgan fingerprint density at radius 3 is 2.88 bits per heavy atom. The molecule has 2 nitrogen and oxygen atoms in total. The highest BCUT2D eigenvalue weighted by molar-refractivity contribution is 9.10. The SMILES string of the molecule is Cc1cc(Br)c(F)cc1NC(C)c1cscn1. The van der Waals surface area contributed by atoms with Gasteiger partial charge in [-0.05, 0) is 47.5 Å². The van der Waals surface area contributed by atoms with Crippen LogP contribution in [0.5, 0.6) is 0 Å². The summed E-state index contributed by atoms with van der Waals surface area (Å²) in [4.78, 5) is 4.23. The molecule has 1 N–H and O–H groups in total. The number of rotatable bonds is 3. The number of halogens is 2. The summed E-state index contributed by atoms with van der Waals surface area (Å²) in [6, 6.07) is 3.34. The highest BCUT2D eigenvalue weighted by atomic mass is 79.9. The van der Waals surface area contributed by atoms with Crippen molar-refractivity contribution in [3.63, 3.8) is 0 Å². The van der Waals surface area contributed by atoms with Crippen molar-refractivity contribution in [1.29, 1.82) is 0 Å². The van der Waals surface area contributed by atoms with Crippen molar-refractivity contribution in [2.45, 2.75) is 19.9 Å². The first-order valence-electron chi connectivity index (χ1n) is 5.18. The summed E-state index contributed by atoms with van der Waals surface area (Å²) in [5, 5.41) is 5.25. The fourth-order valence-electron chi connectivity index (χ4n) is 1.54. The summed E-state index contributed by atoms with van der Waals surface area (Å²) < 4.78 is 13.9. The number of nitrogens with zero attached hydrogens (tertiary/aromatic N) is 1. The molecule has 0 aliphatic rings. The average molecular weight is 315 g/mol. The number of thiazole rings is 1. The molecule has 1 unspecified atom stereocenters. The molecule has 5 heteroatoms. The van der Waals surface area contributed by atoms with Gasteiger partial charge in [-0.2, -0.15) is 0 Å². The lowest BCUT2D eigenvalue weighted by molar-refractivity contribution is 0.620. The lowest BCUT2D eigenvalue weighted by Crippen LogP contribution is -2.08. The van der Waals surface area contributed by atoms with Crippen LogP contribution in [0.3, 0.4) is 0 Å². The highest BCUT2D eigenvalue weighted by Gasteiger charge is 2.10. The largest absolute Gasteiger partial charge is 0.377 e. The monoisotopic (exact) mass is 314 g/mol. The quantitative estimate of drug-likeness (QED) is 0.900. The minimum Gasteiger partial charge on any atom is -0.377 e. The maximum atomic E-state index is 13.5. The summed E-state index contributed by atoms with van der Waals surface area (Å²) in [6.07, 6.45) is 0. The molecular formula is C12H12BrFN2S. The molecule has 0 aliphatic carbocycles. The lowest BCUT2D eigenvalue weighted by atomic mass is 10.1. The summed E-state index contributed by atoms with van der Waals surface area (Å²) in [6.45, 7) is 3.95. The zero-order valence-electron chi connectivity index (χ0n) is 9.50. The van der Waals surface area contributed by atoms with Gasteiger partial charge in [0.2, 0.25) is 0 Å². The van der Waals surface area contributed by atoms with Gasteiger partial charge in [0.05, 0.1) is 21.7 Å². The van der Waals surface area contributed by atoms with Crippen LogP contribution in [0, 0.1) is 12.7 Å². The van der Waals surface area contributed by atoms with Gasteiger partial charge in [0.15, 0.2) is 0 Å². The Hall–Kier alpha value is -0.940. The normalized spacial score (nSPS) is 12.5. The first-order chi connectivity index (χ1) is 8.08. The zero-order valence-corrected chi connectivity index (χ0v) is 11.9. The number of benzene rings is 1. The molecule has 1 heterocycles. The van der Waals surface area contributed by atoms with Crippen LogP contribution in [0.1, 0.15) is 24.2 Å². The van der Waals surface area contributed by atoms with Crippen LogP contribution in [0.15, 0.2) is 27.5 Å². The van der Waals surface area contributed by atoms with Gasteiger partial charge < -0.3 is 5.32 Å². The number of hydrogen-bond donors (Lipinski definition) is 1. The van der Waals surface area contributed by atoms with E-state index in [1.165, 1.54) is 6.07 Å². The van der Waals surface area contributed by atoms with E-state index in [1.807, 2.05) is 19.2 Å². The van der Waals surface area contributed by atoms with E-state index in [-0.39, 0.29) is 11.9 Å². The molecule has 17 heavy (non-hydrogen) atoms. The van der Waals surface area contributed by atoms with Gasteiger partial charge in [-0.25, -0.2) is 9.37 Å². The van der Waals surface area contributed by atoms with Gasteiger partial charge in [0.25, 0.3) is 0 Å². The smallest absolute Gasteiger partial charge is 0.139 e. The molecule has 2 rings (SSSR count). The van der Waals surface area contributed by atoms with Crippen LogP contribution in [0.4, 0.5) is 10.1 Å². The van der Waals surface area contributed by atoms with Crippen molar-refractivity contribution in [1.82, 2.24) is 4.98 Å². The Morgan fingerprint density at radius 2 is 2.24 bits per heavy atom. The third-order valence-electron chi connectivity index (χ3n) is 2.53. The van der Waals surface area contributed by atoms with E-state index < -0.39 is 0 Å². The number of hydrogen-bond acceptors (Lipinski definition) is 3. The molecule has 90 valence electrons. The van der Waals surface area contributed by atoms with Crippen molar-refractivity contribution in [2.75, 3.05) is 5.32 Å². The molecule has 2 aromatic rings. The van der Waals surface area contributed by atoms with E-state index in [0.29, 0.717) is 4.47 Å². The molecule has 1 aromatic carbocycles. The second-order valence-electron chi connectivity index (χ2n) is 3.86. The Labute approximate surface area is 112 Å². The van der Waals surface area contributed by atoms with Gasteiger partial charge in [-0.1, -0.05) is 0 Å². The predicted molar refractivity (Wildman–Crippen MR) is 73.0 cm³/mol. The maximum absolute atomic E-state index is 13.5. The highest BCUT2D eigenvalue weighted by Crippen LogP contribution is 2.27. The van der Waals surface area contributed by atoms with Crippen molar-refractivity contribution in [3.8, 4) is 0 Å². The minimum absolute atomic E-state index is 0.0699. The number of aryl methyl sites for hydroxylation is 1. The van der Waals surface area contributed by atoms with Crippen molar-refractivity contribution in [2.24, 2.45) is 0 Å². The molecule has 0 saturated heterocycles. The van der Waals surface area contributed by atoms with Gasteiger partial charge >= 0.3 is 0 Å². The molecule has 0 spiro atoms. The molecule has 0 fully saturated rings. The summed E-state index contributed by atoms with van der Waals surface area (Å²) in [7, 11) is 0. The summed E-state index contributed by atoms with van der Waals surface area (Å²) in [5.74, 6) is -0.261. The molecule has 1 aromatic heterocycles. The van der Waals surface area contributed by atoms with E-state index in [2.05, 4.69) is 26.2 Å². The average Bonchev–Trinajstić information content (AvgIpc) is 2.79. The molecule has 0 radical (unpaired) electrons. The van der Waals surface area contributed by atoms with Crippen molar-refractivity contribution >= 4 is 33.0 Å². The Morgan fingerprint density at radius 1 is 1.47 bits per heavy atom. The molecule has 0 saturated carbocycles. The Kier molecular flexibility index (Phi) is 3.79. The van der Waals surface area contributed by atoms with Crippen molar-refractivity contribution in [3.05, 3.63) is 44.6 Å². The van der Waals surface area contributed by atoms with E-state index in [4.69, 9.17) is 0 Å². The first-order valence-corrected chi connectivity index (χ1v) is 6.92. The zero-order chi connectivity index (χ0) is 12.4. The Balaban J connectivity index is 2.22. The fourth-order valence-corrected chi connectivity index (χ4v) is 2.65. The van der Waals surface area contributed by atoms with Crippen molar-refractivity contribution < 1.29 is 4.39 Å². The van der Waals surface area contributed by atoms with Crippen LogP contribution in [-0.4, -0.2) is 4.98 Å². The van der Waals surface area contributed by atoms with E-state index in [1.54, 1.807) is 22.9 Å². The predicted octanol–water partition coefficient (Wildman–Crippen LogP) is 4.53. The second-order valence-corrected chi connectivity index (χ2v) is 5.43. The van der Waals surface area contributed by atoms with E-state index in [0.717, 1.165) is 16.9 Å². The first kappa shape index (κ1) is 12.5.